The Morgan fingerprint density at radius 3 is 2.71 bits per heavy atom. The molecule has 1 amide bonds. The first kappa shape index (κ1) is 13.5. The van der Waals surface area contributed by atoms with Crippen LogP contribution in [-0.2, 0) is 16.2 Å². The molecule has 0 heterocycles. The number of benzene rings is 1. The van der Waals surface area contributed by atoms with E-state index in [1.807, 2.05) is 0 Å². The molecule has 17 heavy (non-hydrogen) atoms. The number of carboxylic acid groups (broad SMARTS) is 1. The van der Waals surface area contributed by atoms with E-state index in [1.165, 1.54) is 0 Å². The Morgan fingerprint density at radius 2 is 2.06 bits per heavy atom. The summed E-state index contributed by atoms with van der Waals surface area (Å²) >= 11 is 1.04. The number of hydrogen-bond acceptors (Lipinski definition) is 4. The number of hydrogen-bond donors (Lipinski definition) is 3. The van der Waals surface area contributed by atoms with E-state index in [2.05, 4.69) is 5.32 Å². The molecule has 0 spiro atoms. The van der Waals surface area contributed by atoms with Gasteiger partial charge in [0.15, 0.2) is 0 Å². The summed E-state index contributed by atoms with van der Waals surface area (Å²) in [6.45, 7) is -0.0858. The zero-order valence-corrected chi connectivity index (χ0v) is 9.87. The van der Waals surface area contributed by atoms with Gasteiger partial charge in [-0.3, -0.25) is 9.59 Å². The van der Waals surface area contributed by atoms with E-state index < -0.39 is 5.97 Å². The SMILES string of the molecule is O=C(O)CSCC(=O)Nc1cccc(CO)c1. The van der Waals surface area contributed by atoms with Gasteiger partial charge in [0, 0.05) is 5.69 Å². The Morgan fingerprint density at radius 1 is 1.29 bits per heavy atom. The van der Waals surface area contributed by atoms with Crippen LogP contribution in [0, 0.1) is 0 Å². The number of rotatable bonds is 6. The van der Waals surface area contributed by atoms with Crippen LogP contribution in [0.2, 0.25) is 0 Å². The average molecular weight is 255 g/mol. The summed E-state index contributed by atoms with van der Waals surface area (Å²) in [5.41, 5.74) is 1.30. The normalized spacial score (nSPS) is 9.94. The second-order valence-electron chi connectivity index (χ2n) is 3.29. The number of amides is 1. The zero-order valence-electron chi connectivity index (χ0n) is 9.05. The van der Waals surface area contributed by atoms with Crippen molar-refractivity contribution in [2.24, 2.45) is 0 Å². The number of aliphatic hydroxyl groups excluding tert-OH is 1. The summed E-state index contributed by atoms with van der Waals surface area (Å²) in [6, 6.07) is 6.85. The summed E-state index contributed by atoms with van der Waals surface area (Å²) in [4.78, 5) is 21.6. The summed E-state index contributed by atoms with van der Waals surface area (Å²) < 4.78 is 0. The molecule has 1 aromatic carbocycles. The number of carbonyl (C=O) groups excluding carboxylic acids is 1. The molecule has 5 nitrogen and oxygen atoms in total. The summed E-state index contributed by atoms with van der Waals surface area (Å²) in [7, 11) is 0. The van der Waals surface area contributed by atoms with Crippen molar-refractivity contribution in [2.75, 3.05) is 16.8 Å². The molecule has 0 aromatic heterocycles. The number of carboxylic acids is 1. The van der Waals surface area contributed by atoms with Crippen molar-refractivity contribution >= 4 is 29.3 Å². The van der Waals surface area contributed by atoms with Gasteiger partial charge in [0.25, 0.3) is 0 Å². The van der Waals surface area contributed by atoms with Crippen LogP contribution in [0.15, 0.2) is 24.3 Å². The number of aliphatic hydroxyl groups is 1. The molecule has 0 saturated carbocycles. The van der Waals surface area contributed by atoms with E-state index in [4.69, 9.17) is 10.2 Å². The topological polar surface area (TPSA) is 86.6 Å². The molecule has 92 valence electrons. The molecule has 0 radical (unpaired) electrons. The van der Waals surface area contributed by atoms with Crippen LogP contribution in [0.5, 0.6) is 0 Å². The number of carbonyl (C=O) groups is 2. The van der Waals surface area contributed by atoms with Gasteiger partial charge in [-0.25, -0.2) is 0 Å². The number of thioether (sulfide) groups is 1. The van der Waals surface area contributed by atoms with Gasteiger partial charge in [0.2, 0.25) is 5.91 Å². The first-order chi connectivity index (χ1) is 8.11. The fourth-order valence-electron chi connectivity index (χ4n) is 1.18. The molecule has 3 N–H and O–H groups in total. The highest BCUT2D eigenvalue weighted by atomic mass is 32.2. The van der Waals surface area contributed by atoms with Crippen molar-refractivity contribution in [1.29, 1.82) is 0 Å². The Hall–Kier alpha value is -1.53. The van der Waals surface area contributed by atoms with Gasteiger partial charge in [-0.2, -0.15) is 0 Å². The predicted octanol–water partition coefficient (Wildman–Crippen LogP) is 0.935. The smallest absolute Gasteiger partial charge is 0.313 e. The third-order valence-corrected chi connectivity index (χ3v) is 2.77. The lowest BCUT2D eigenvalue weighted by atomic mass is 10.2. The average Bonchev–Trinajstić information content (AvgIpc) is 2.28. The van der Waals surface area contributed by atoms with Crippen LogP contribution >= 0.6 is 11.8 Å². The van der Waals surface area contributed by atoms with Crippen LogP contribution in [0.1, 0.15) is 5.56 Å². The molecule has 0 aliphatic carbocycles. The van der Waals surface area contributed by atoms with Crippen molar-refractivity contribution < 1.29 is 19.8 Å². The summed E-state index contributed by atoms with van der Waals surface area (Å²) in [5.74, 6) is -1.20. The van der Waals surface area contributed by atoms with Gasteiger partial charge in [0.1, 0.15) is 0 Å². The van der Waals surface area contributed by atoms with E-state index in [9.17, 15) is 9.59 Å². The fraction of sp³-hybridized carbons (Fsp3) is 0.273. The maximum absolute atomic E-state index is 11.4. The standard InChI is InChI=1S/C11H13NO4S/c13-5-8-2-1-3-9(4-8)12-10(14)6-17-7-11(15)16/h1-4,13H,5-7H2,(H,12,14)(H,15,16). The van der Waals surface area contributed by atoms with Gasteiger partial charge in [-0.1, -0.05) is 12.1 Å². The highest BCUT2D eigenvalue weighted by Gasteiger charge is 2.05. The van der Waals surface area contributed by atoms with Gasteiger partial charge >= 0.3 is 5.97 Å². The largest absolute Gasteiger partial charge is 0.481 e. The van der Waals surface area contributed by atoms with Gasteiger partial charge in [-0.15, -0.1) is 11.8 Å². The molecule has 6 heteroatoms. The number of anilines is 1. The van der Waals surface area contributed by atoms with Crippen LogP contribution in [0.3, 0.4) is 0 Å². The van der Waals surface area contributed by atoms with Crippen molar-refractivity contribution in [3.63, 3.8) is 0 Å². The highest BCUT2D eigenvalue weighted by Crippen LogP contribution is 2.11. The maximum Gasteiger partial charge on any atom is 0.313 e. The van der Waals surface area contributed by atoms with E-state index in [-0.39, 0.29) is 24.0 Å². The Bertz CT molecular complexity index is 408. The molecular weight excluding hydrogens is 242 g/mol. The predicted molar refractivity (Wildman–Crippen MR) is 66.0 cm³/mol. The Kier molecular flexibility index (Phi) is 5.51. The minimum Gasteiger partial charge on any atom is -0.481 e. The Balaban J connectivity index is 2.42. The molecule has 0 saturated heterocycles. The quantitative estimate of drug-likeness (QED) is 0.704. The minimum atomic E-state index is -0.940. The van der Waals surface area contributed by atoms with E-state index in [0.717, 1.165) is 11.8 Å². The van der Waals surface area contributed by atoms with Crippen LogP contribution in [-0.4, -0.2) is 33.6 Å². The molecule has 0 fully saturated rings. The third-order valence-electron chi connectivity index (χ3n) is 1.85. The van der Waals surface area contributed by atoms with Crippen LogP contribution in [0.25, 0.3) is 0 Å². The molecule has 0 atom stereocenters. The lowest BCUT2D eigenvalue weighted by Gasteiger charge is -2.05. The zero-order chi connectivity index (χ0) is 12.7. The van der Waals surface area contributed by atoms with Gasteiger partial charge in [0.05, 0.1) is 18.1 Å². The number of aliphatic carboxylic acids is 1. The van der Waals surface area contributed by atoms with Gasteiger partial charge < -0.3 is 15.5 Å². The molecule has 1 rings (SSSR count). The van der Waals surface area contributed by atoms with Crippen LogP contribution in [0.4, 0.5) is 5.69 Å². The molecule has 0 aliphatic heterocycles. The summed E-state index contributed by atoms with van der Waals surface area (Å²) in [6.07, 6.45) is 0. The molecular formula is C11H13NO4S. The lowest BCUT2D eigenvalue weighted by Crippen LogP contribution is -2.15. The highest BCUT2D eigenvalue weighted by molar-refractivity contribution is 8.00. The lowest BCUT2D eigenvalue weighted by molar-refractivity contribution is -0.133. The third kappa shape index (κ3) is 5.37. The summed E-state index contributed by atoms with van der Waals surface area (Å²) in [5, 5.41) is 19.9. The second kappa shape index (κ2) is 6.93. The van der Waals surface area contributed by atoms with Crippen molar-refractivity contribution in [1.82, 2.24) is 0 Å². The monoisotopic (exact) mass is 255 g/mol. The number of nitrogens with one attached hydrogen (secondary N) is 1. The van der Waals surface area contributed by atoms with E-state index in [0.29, 0.717) is 11.3 Å². The van der Waals surface area contributed by atoms with Crippen LogP contribution < -0.4 is 5.32 Å². The van der Waals surface area contributed by atoms with E-state index in [1.54, 1.807) is 24.3 Å². The molecule has 1 aromatic rings. The van der Waals surface area contributed by atoms with E-state index >= 15 is 0 Å². The fourth-order valence-corrected chi connectivity index (χ4v) is 1.71. The first-order valence-corrected chi connectivity index (χ1v) is 6.06. The maximum atomic E-state index is 11.4. The first-order valence-electron chi connectivity index (χ1n) is 4.91. The minimum absolute atomic E-state index is 0.0858. The second-order valence-corrected chi connectivity index (χ2v) is 4.28. The Labute approximate surface area is 103 Å². The molecule has 0 aliphatic rings. The molecule has 0 bridgehead atoms. The molecule has 0 unspecified atom stereocenters. The van der Waals surface area contributed by atoms with Crippen molar-refractivity contribution in [3.8, 4) is 0 Å². The van der Waals surface area contributed by atoms with Crippen molar-refractivity contribution in [2.45, 2.75) is 6.61 Å². The van der Waals surface area contributed by atoms with Crippen molar-refractivity contribution in [3.05, 3.63) is 29.8 Å². The van der Waals surface area contributed by atoms with Gasteiger partial charge in [-0.05, 0) is 17.7 Å².